The number of hydrogen-bond donors (Lipinski definition) is 1. The standard InChI is InChI=1S/C19H35N5O2/c1-3-20-18(21-14-19(2)15-26-16-19)24-11-9-22(10-12-24)13-17(25)23-7-5-4-6-8-23/h3-16H2,1-2H3,(H,20,21). The van der Waals surface area contributed by atoms with Crippen molar-refractivity contribution in [2.75, 3.05) is 72.1 Å². The highest BCUT2D eigenvalue weighted by Gasteiger charge is 2.33. The van der Waals surface area contributed by atoms with Crippen LogP contribution in [0.5, 0.6) is 0 Å². The average Bonchev–Trinajstić information content (AvgIpc) is 2.65. The minimum atomic E-state index is 0.198. The number of carbonyl (C=O) groups excluding carboxylic acids is 1. The molecule has 3 aliphatic heterocycles. The lowest BCUT2D eigenvalue weighted by atomic mass is 9.89. The number of rotatable bonds is 5. The van der Waals surface area contributed by atoms with Gasteiger partial charge in [-0.3, -0.25) is 14.7 Å². The van der Waals surface area contributed by atoms with Crippen molar-refractivity contribution in [3.63, 3.8) is 0 Å². The van der Waals surface area contributed by atoms with Gasteiger partial charge in [0.2, 0.25) is 5.91 Å². The molecular weight excluding hydrogens is 330 g/mol. The number of piperidine rings is 1. The highest BCUT2D eigenvalue weighted by Crippen LogP contribution is 2.26. The van der Waals surface area contributed by atoms with E-state index in [1.807, 2.05) is 4.90 Å². The van der Waals surface area contributed by atoms with Gasteiger partial charge in [-0.2, -0.15) is 0 Å². The first-order chi connectivity index (χ1) is 12.6. The summed E-state index contributed by atoms with van der Waals surface area (Å²) < 4.78 is 5.33. The fraction of sp³-hybridized carbons (Fsp3) is 0.895. The molecule has 3 heterocycles. The van der Waals surface area contributed by atoms with E-state index in [-0.39, 0.29) is 5.41 Å². The lowest BCUT2D eigenvalue weighted by molar-refractivity contribution is -0.133. The lowest BCUT2D eigenvalue weighted by Crippen LogP contribution is -2.55. The van der Waals surface area contributed by atoms with Crippen molar-refractivity contribution in [2.45, 2.75) is 33.1 Å². The molecule has 0 unspecified atom stereocenters. The minimum Gasteiger partial charge on any atom is -0.380 e. The normalized spacial score (nSPS) is 24.3. The minimum absolute atomic E-state index is 0.198. The van der Waals surface area contributed by atoms with Crippen molar-refractivity contribution in [2.24, 2.45) is 10.4 Å². The van der Waals surface area contributed by atoms with Gasteiger partial charge in [0.1, 0.15) is 0 Å². The van der Waals surface area contributed by atoms with Crippen LogP contribution in [0.15, 0.2) is 4.99 Å². The Hall–Kier alpha value is -1.34. The highest BCUT2D eigenvalue weighted by molar-refractivity contribution is 5.80. The first kappa shape index (κ1) is 19.4. The molecule has 0 saturated carbocycles. The van der Waals surface area contributed by atoms with Crippen LogP contribution in [0.4, 0.5) is 0 Å². The van der Waals surface area contributed by atoms with Crippen LogP contribution in [0.3, 0.4) is 0 Å². The Morgan fingerprint density at radius 2 is 1.73 bits per heavy atom. The summed E-state index contributed by atoms with van der Waals surface area (Å²) in [4.78, 5) is 24.0. The molecule has 3 rings (SSSR count). The number of likely N-dealkylation sites (tertiary alicyclic amines) is 1. The number of aliphatic imine (C=N–C) groups is 1. The first-order valence-corrected chi connectivity index (χ1v) is 10.2. The van der Waals surface area contributed by atoms with E-state index >= 15 is 0 Å². The van der Waals surface area contributed by atoms with Crippen molar-refractivity contribution in [3.8, 4) is 0 Å². The molecule has 1 N–H and O–H groups in total. The predicted octanol–water partition coefficient (Wildman–Crippen LogP) is 0.619. The quantitative estimate of drug-likeness (QED) is 0.572. The predicted molar refractivity (Wildman–Crippen MR) is 103 cm³/mol. The van der Waals surface area contributed by atoms with Gasteiger partial charge in [0.15, 0.2) is 5.96 Å². The molecule has 0 radical (unpaired) electrons. The zero-order chi connectivity index (χ0) is 18.4. The number of guanidine groups is 1. The maximum atomic E-state index is 12.5. The van der Waals surface area contributed by atoms with Crippen LogP contribution in [0.2, 0.25) is 0 Å². The molecule has 3 saturated heterocycles. The number of hydrogen-bond acceptors (Lipinski definition) is 4. The second kappa shape index (κ2) is 9.04. The molecule has 0 aromatic heterocycles. The molecule has 1 amide bonds. The van der Waals surface area contributed by atoms with E-state index in [4.69, 9.17) is 9.73 Å². The Balaban J connectivity index is 1.46. The van der Waals surface area contributed by atoms with Crippen molar-refractivity contribution in [3.05, 3.63) is 0 Å². The average molecular weight is 366 g/mol. The van der Waals surface area contributed by atoms with E-state index in [2.05, 4.69) is 29.0 Å². The van der Waals surface area contributed by atoms with E-state index in [0.717, 1.165) is 84.4 Å². The molecular formula is C19H35N5O2. The summed E-state index contributed by atoms with van der Waals surface area (Å²) in [6.07, 6.45) is 3.58. The SMILES string of the molecule is CCNC(=NCC1(C)COC1)N1CCN(CC(=O)N2CCCCC2)CC1. The largest absolute Gasteiger partial charge is 0.380 e. The Labute approximate surface area is 157 Å². The maximum Gasteiger partial charge on any atom is 0.236 e. The fourth-order valence-electron chi connectivity index (χ4n) is 3.79. The number of nitrogens with zero attached hydrogens (tertiary/aromatic N) is 4. The van der Waals surface area contributed by atoms with Crippen LogP contribution in [0, 0.1) is 5.41 Å². The van der Waals surface area contributed by atoms with Crippen molar-refractivity contribution < 1.29 is 9.53 Å². The van der Waals surface area contributed by atoms with E-state index in [1.165, 1.54) is 6.42 Å². The number of carbonyl (C=O) groups is 1. The Bertz CT molecular complexity index is 492. The molecule has 0 atom stereocenters. The Morgan fingerprint density at radius 1 is 1.04 bits per heavy atom. The van der Waals surface area contributed by atoms with E-state index in [9.17, 15) is 4.79 Å². The number of nitrogens with one attached hydrogen (secondary N) is 1. The van der Waals surface area contributed by atoms with Gasteiger partial charge in [-0.05, 0) is 26.2 Å². The fourth-order valence-corrected chi connectivity index (χ4v) is 3.79. The van der Waals surface area contributed by atoms with E-state index in [1.54, 1.807) is 0 Å². The monoisotopic (exact) mass is 365 g/mol. The molecule has 0 spiro atoms. The van der Waals surface area contributed by atoms with Gasteiger partial charge in [-0.1, -0.05) is 6.92 Å². The van der Waals surface area contributed by atoms with E-state index < -0.39 is 0 Å². The van der Waals surface area contributed by atoms with Crippen molar-refractivity contribution in [1.82, 2.24) is 20.0 Å². The smallest absolute Gasteiger partial charge is 0.236 e. The lowest BCUT2D eigenvalue weighted by Gasteiger charge is -2.39. The summed E-state index contributed by atoms with van der Waals surface area (Å²) >= 11 is 0. The second-order valence-corrected chi connectivity index (χ2v) is 8.18. The Morgan fingerprint density at radius 3 is 2.31 bits per heavy atom. The third-order valence-electron chi connectivity index (χ3n) is 5.59. The molecule has 7 heteroatoms. The van der Waals surface area contributed by atoms with Gasteiger partial charge in [0.05, 0.1) is 26.3 Å². The van der Waals surface area contributed by atoms with Crippen molar-refractivity contribution in [1.29, 1.82) is 0 Å². The number of piperazine rings is 1. The molecule has 148 valence electrons. The van der Waals surface area contributed by atoms with Crippen molar-refractivity contribution >= 4 is 11.9 Å². The summed E-state index contributed by atoms with van der Waals surface area (Å²) in [5.41, 5.74) is 0.198. The zero-order valence-electron chi connectivity index (χ0n) is 16.5. The molecule has 0 aliphatic carbocycles. The van der Waals surface area contributed by atoms with Crippen LogP contribution in [-0.2, 0) is 9.53 Å². The molecule has 26 heavy (non-hydrogen) atoms. The number of ether oxygens (including phenoxy) is 1. The van der Waals surface area contributed by atoms with Gasteiger partial charge in [0, 0.05) is 51.2 Å². The molecule has 3 fully saturated rings. The summed E-state index contributed by atoms with van der Waals surface area (Å²) in [5.74, 6) is 1.30. The molecule has 0 aromatic rings. The third kappa shape index (κ3) is 5.10. The van der Waals surface area contributed by atoms with Gasteiger partial charge in [-0.25, -0.2) is 0 Å². The van der Waals surface area contributed by atoms with Crippen LogP contribution < -0.4 is 5.32 Å². The van der Waals surface area contributed by atoms with Gasteiger partial charge >= 0.3 is 0 Å². The maximum absolute atomic E-state index is 12.5. The van der Waals surface area contributed by atoms with Crippen LogP contribution in [0.1, 0.15) is 33.1 Å². The summed E-state index contributed by atoms with van der Waals surface area (Å²) in [7, 11) is 0. The van der Waals surface area contributed by atoms with Crippen LogP contribution >= 0.6 is 0 Å². The third-order valence-corrected chi connectivity index (χ3v) is 5.59. The topological polar surface area (TPSA) is 60.4 Å². The first-order valence-electron chi connectivity index (χ1n) is 10.2. The van der Waals surface area contributed by atoms with Gasteiger partial charge < -0.3 is 19.9 Å². The Kier molecular flexibility index (Phi) is 6.75. The summed E-state index contributed by atoms with van der Waals surface area (Å²) in [6.45, 7) is 13.8. The highest BCUT2D eigenvalue weighted by atomic mass is 16.5. The summed E-state index contributed by atoms with van der Waals surface area (Å²) in [5, 5.41) is 3.42. The van der Waals surface area contributed by atoms with Crippen LogP contribution in [0.25, 0.3) is 0 Å². The van der Waals surface area contributed by atoms with E-state index in [0.29, 0.717) is 12.5 Å². The zero-order valence-corrected chi connectivity index (χ0v) is 16.5. The molecule has 0 aromatic carbocycles. The molecule has 0 bridgehead atoms. The number of amides is 1. The van der Waals surface area contributed by atoms with Gasteiger partial charge in [-0.15, -0.1) is 0 Å². The molecule has 3 aliphatic rings. The molecule has 7 nitrogen and oxygen atoms in total. The summed E-state index contributed by atoms with van der Waals surface area (Å²) in [6, 6.07) is 0. The van der Waals surface area contributed by atoms with Gasteiger partial charge in [0.25, 0.3) is 0 Å². The second-order valence-electron chi connectivity index (χ2n) is 8.18. The van der Waals surface area contributed by atoms with Crippen LogP contribution in [-0.4, -0.2) is 98.7 Å².